The van der Waals surface area contributed by atoms with Crippen molar-refractivity contribution in [2.45, 2.75) is 32.4 Å². The summed E-state index contributed by atoms with van der Waals surface area (Å²) in [6.45, 7) is 4.12. The van der Waals surface area contributed by atoms with Gasteiger partial charge in [0.25, 0.3) is 0 Å². The van der Waals surface area contributed by atoms with Gasteiger partial charge in [-0.1, -0.05) is 12.1 Å². The highest BCUT2D eigenvalue weighted by Gasteiger charge is 2.18. The van der Waals surface area contributed by atoms with Crippen LogP contribution < -0.4 is 11.3 Å². The first-order valence-electron chi connectivity index (χ1n) is 6.47. The zero-order valence-electron chi connectivity index (χ0n) is 11.5. The molecule has 0 aliphatic rings. The van der Waals surface area contributed by atoms with E-state index in [1.165, 1.54) is 0 Å². The minimum atomic E-state index is -0.317. The van der Waals surface area contributed by atoms with Crippen molar-refractivity contribution < 1.29 is 4.39 Å². The van der Waals surface area contributed by atoms with E-state index in [9.17, 15) is 4.39 Å². The van der Waals surface area contributed by atoms with Gasteiger partial charge in [-0.05, 0) is 41.9 Å². The number of nitrogens with one attached hydrogen (secondary N) is 1. The Morgan fingerprint density at radius 1 is 1.40 bits per heavy atom. The normalized spacial score (nSPS) is 12.9. The Bertz CT molecular complexity index is 582. The lowest BCUT2D eigenvalue weighted by atomic mass is 10.0. The highest BCUT2D eigenvalue weighted by atomic mass is 79.9. The average Bonchev–Trinajstić information content (AvgIpc) is 2.88. The lowest BCUT2D eigenvalue weighted by molar-refractivity contribution is 0.489. The standard InChI is InChI=1S/C14H18BrFN4/c1-9(2)20-7-6-10(19-20)8-13(18-17)11-4-3-5-12(15)14(11)16/h3-7,9,13,18H,8,17H2,1-2H3. The van der Waals surface area contributed by atoms with E-state index < -0.39 is 0 Å². The topological polar surface area (TPSA) is 55.9 Å². The third kappa shape index (κ3) is 3.26. The van der Waals surface area contributed by atoms with Gasteiger partial charge in [0.1, 0.15) is 5.82 Å². The Hall–Kier alpha value is -1.24. The highest BCUT2D eigenvalue weighted by Crippen LogP contribution is 2.25. The molecule has 0 bridgehead atoms. The molecule has 6 heteroatoms. The van der Waals surface area contributed by atoms with Crippen LogP contribution in [0.25, 0.3) is 0 Å². The lowest BCUT2D eigenvalue weighted by Crippen LogP contribution is -2.30. The Balaban J connectivity index is 2.22. The number of hydrogen-bond donors (Lipinski definition) is 2. The van der Waals surface area contributed by atoms with Crippen molar-refractivity contribution in [3.63, 3.8) is 0 Å². The first-order valence-corrected chi connectivity index (χ1v) is 7.26. The van der Waals surface area contributed by atoms with Gasteiger partial charge in [-0.25, -0.2) is 4.39 Å². The minimum absolute atomic E-state index is 0.293. The van der Waals surface area contributed by atoms with E-state index >= 15 is 0 Å². The van der Waals surface area contributed by atoms with Gasteiger partial charge in [0.2, 0.25) is 0 Å². The van der Waals surface area contributed by atoms with Crippen LogP contribution in [0.1, 0.15) is 37.2 Å². The molecule has 0 saturated heterocycles. The minimum Gasteiger partial charge on any atom is -0.271 e. The molecule has 0 aliphatic carbocycles. The van der Waals surface area contributed by atoms with Crippen molar-refractivity contribution in [3.8, 4) is 0 Å². The molecule has 1 unspecified atom stereocenters. The number of nitrogens with zero attached hydrogens (tertiary/aromatic N) is 2. The number of rotatable bonds is 5. The second kappa shape index (κ2) is 6.47. The smallest absolute Gasteiger partial charge is 0.142 e. The van der Waals surface area contributed by atoms with E-state index in [2.05, 4.69) is 40.3 Å². The molecule has 0 saturated carbocycles. The molecular weight excluding hydrogens is 323 g/mol. The fourth-order valence-electron chi connectivity index (χ4n) is 2.03. The molecule has 0 amide bonds. The average molecular weight is 341 g/mol. The molecule has 0 radical (unpaired) electrons. The number of aromatic nitrogens is 2. The van der Waals surface area contributed by atoms with E-state index in [0.717, 1.165) is 5.69 Å². The third-order valence-electron chi connectivity index (χ3n) is 3.16. The van der Waals surface area contributed by atoms with Gasteiger partial charge in [-0.15, -0.1) is 0 Å². The zero-order chi connectivity index (χ0) is 14.7. The predicted octanol–water partition coefficient (Wildman–Crippen LogP) is 3.11. The summed E-state index contributed by atoms with van der Waals surface area (Å²) in [6, 6.07) is 7.10. The van der Waals surface area contributed by atoms with Crippen LogP contribution in [-0.2, 0) is 6.42 Å². The van der Waals surface area contributed by atoms with Gasteiger partial charge in [0.15, 0.2) is 0 Å². The summed E-state index contributed by atoms with van der Waals surface area (Å²) in [5, 5.41) is 4.46. The largest absolute Gasteiger partial charge is 0.271 e. The van der Waals surface area contributed by atoms with Gasteiger partial charge < -0.3 is 0 Å². The van der Waals surface area contributed by atoms with Crippen LogP contribution in [0.5, 0.6) is 0 Å². The van der Waals surface area contributed by atoms with Gasteiger partial charge in [0, 0.05) is 24.2 Å². The van der Waals surface area contributed by atoms with Crippen molar-refractivity contribution in [3.05, 3.63) is 52.0 Å². The maximum absolute atomic E-state index is 14.1. The number of hydrogen-bond acceptors (Lipinski definition) is 3. The Labute approximate surface area is 126 Å². The zero-order valence-corrected chi connectivity index (χ0v) is 13.1. The fraction of sp³-hybridized carbons (Fsp3) is 0.357. The van der Waals surface area contributed by atoms with Crippen molar-refractivity contribution in [1.82, 2.24) is 15.2 Å². The molecule has 0 aliphatic heterocycles. The number of nitrogens with two attached hydrogens (primary N) is 1. The van der Waals surface area contributed by atoms with Crippen LogP contribution in [0.15, 0.2) is 34.9 Å². The van der Waals surface area contributed by atoms with Crippen LogP contribution >= 0.6 is 15.9 Å². The summed E-state index contributed by atoms with van der Waals surface area (Å²) in [7, 11) is 0. The van der Waals surface area contributed by atoms with Gasteiger partial charge in [-0.2, -0.15) is 5.10 Å². The summed E-state index contributed by atoms with van der Waals surface area (Å²) >= 11 is 3.19. The maximum Gasteiger partial charge on any atom is 0.142 e. The van der Waals surface area contributed by atoms with Crippen molar-refractivity contribution in [2.24, 2.45) is 5.84 Å². The molecule has 0 fully saturated rings. The number of hydrazine groups is 1. The number of halogens is 2. The summed E-state index contributed by atoms with van der Waals surface area (Å²) in [6.07, 6.45) is 2.45. The molecule has 1 aromatic carbocycles. The van der Waals surface area contributed by atoms with E-state index in [-0.39, 0.29) is 11.9 Å². The Kier molecular flexibility index (Phi) is 4.91. The van der Waals surface area contributed by atoms with Crippen LogP contribution in [0.4, 0.5) is 4.39 Å². The van der Waals surface area contributed by atoms with Crippen LogP contribution in [0.2, 0.25) is 0 Å². The van der Waals surface area contributed by atoms with Gasteiger partial charge in [0.05, 0.1) is 16.2 Å². The summed E-state index contributed by atoms with van der Waals surface area (Å²) < 4.78 is 16.4. The predicted molar refractivity (Wildman–Crippen MR) is 80.5 cm³/mol. The molecule has 108 valence electrons. The fourth-order valence-corrected chi connectivity index (χ4v) is 2.41. The Morgan fingerprint density at radius 2 is 2.15 bits per heavy atom. The number of benzene rings is 1. The maximum atomic E-state index is 14.1. The van der Waals surface area contributed by atoms with Crippen LogP contribution in [0, 0.1) is 5.82 Å². The van der Waals surface area contributed by atoms with Crippen molar-refractivity contribution in [1.29, 1.82) is 0 Å². The molecule has 2 aromatic rings. The van der Waals surface area contributed by atoms with E-state index in [0.29, 0.717) is 22.5 Å². The molecule has 1 atom stereocenters. The molecule has 4 nitrogen and oxygen atoms in total. The molecule has 1 heterocycles. The van der Waals surface area contributed by atoms with Crippen molar-refractivity contribution >= 4 is 15.9 Å². The molecular formula is C14H18BrFN4. The van der Waals surface area contributed by atoms with E-state index in [1.807, 2.05) is 16.9 Å². The summed E-state index contributed by atoms with van der Waals surface area (Å²) in [5.74, 6) is 5.28. The van der Waals surface area contributed by atoms with E-state index in [1.54, 1.807) is 18.2 Å². The summed E-state index contributed by atoms with van der Waals surface area (Å²) in [4.78, 5) is 0. The van der Waals surface area contributed by atoms with E-state index in [4.69, 9.17) is 5.84 Å². The monoisotopic (exact) mass is 340 g/mol. The quantitative estimate of drug-likeness (QED) is 0.649. The van der Waals surface area contributed by atoms with Gasteiger partial charge >= 0.3 is 0 Å². The Morgan fingerprint density at radius 3 is 2.75 bits per heavy atom. The second-order valence-electron chi connectivity index (χ2n) is 4.95. The first kappa shape index (κ1) is 15.2. The molecule has 0 spiro atoms. The molecule has 1 aromatic heterocycles. The third-order valence-corrected chi connectivity index (χ3v) is 3.78. The van der Waals surface area contributed by atoms with Crippen LogP contribution in [-0.4, -0.2) is 9.78 Å². The summed E-state index contributed by atoms with van der Waals surface area (Å²) in [5.41, 5.74) is 4.07. The highest BCUT2D eigenvalue weighted by molar-refractivity contribution is 9.10. The molecule has 2 rings (SSSR count). The lowest BCUT2D eigenvalue weighted by Gasteiger charge is -2.16. The van der Waals surface area contributed by atoms with Gasteiger partial charge in [-0.3, -0.25) is 16.0 Å². The van der Waals surface area contributed by atoms with Crippen molar-refractivity contribution in [2.75, 3.05) is 0 Å². The SMILES string of the molecule is CC(C)n1ccc(CC(NN)c2cccc(Br)c2F)n1. The first-order chi connectivity index (χ1) is 9.52. The molecule has 20 heavy (non-hydrogen) atoms. The second-order valence-corrected chi connectivity index (χ2v) is 5.80. The molecule has 3 N–H and O–H groups in total. The van der Waals surface area contributed by atoms with Crippen LogP contribution in [0.3, 0.4) is 0 Å².